The van der Waals surface area contributed by atoms with Crippen LogP contribution in [0.4, 0.5) is 10.1 Å². The maximum absolute atomic E-state index is 13.6. The van der Waals surface area contributed by atoms with Crippen LogP contribution in [0.15, 0.2) is 30.3 Å². The van der Waals surface area contributed by atoms with Crippen LogP contribution < -0.4 is 10.5 Å². The maximum atomic E-state index is 13.6. The molecule has 0 aromatic heterocycles. The van der Waals surface area contributed by atoms with E-state index in [1.807, 2.05) is 0 Å². The lowest BCUT2D eigenvalue weighted by Gasteiger charge is -2.10. The van der Waals surface area contributed by atoms with Crippen molar-refractivity contribution in [3.05, 3.63) is 56.8 Å². The standard InChI is InChI=1S/C13H9Cl3FNO/c14-9-4-11(16)13(5-10(9)15)19-6-7-1-2-8(18)3-12(7)17/h1-5H,6,18H2. The highest BCUT2D eigenvalue weighted by molar-refractivity contribution is 6.43. The molecule has 0 saturated carbocycles. The second-order valence-corrected chi connectivity index (χ2v) is 5.06. The van der Waals surface area contributed by atoms with Gasteiger partial charge in [-0.05, 0) is 18.2 Å². The molecule has 0 amide bonds. The molecule has 0 aliphatic carbocycles. The van der Waals surface area contributed by atoms with Gasteiger partial charge in [0.15, 0.2) is 0 Å². The lowest BCUT2D eigenvalue weighted by molar-refractivity contribution is 0.300. The summed E-state index contributed by atoms with van der Waals surface area (Å²) in [5.74, 6) is -0.0940. The molecule has 6 heteroatoms. The van der Waals surface area contributed by atoms with Crippen LogP contribution in [0.25, 0.3) is 0 Å². The van der Waals surface area contributed by atoms with Gasteiger partial charge in [0.1, 0.15) is 18.2 Å². The van der Waals surface area contributed by atoms with Crippen LogP contribution in [0, 0.1) is 5.82 Å². The first-order valence-electron chi connectivity index (χ1n) is 5.28. The molecular weight excluding hydrogens is 312 g/mol. The Morgan fingerprint density at radius 3 is 2.37 bits per heavy atom. The van der Waals surface area contributed by atoms with Crippen molar-refractivity contribution < 1.29 is 9.13 Å². The minimum absolute atomic E-state index is 0.0177. The molecule has 2 aromatic rings. The van der Waals surface area contributed by atoms with Crippen molar-refractivity contribution in [2.45, 2.75) is 6.61 Å². The fourth-order valence-electron chi connectivity index (χ4n) is 1.45. The Morgan fingerprint density at radius 2 is 1.68 bits per heavy atom. The largest absolute Gasteiger partial charge is 0.487 e. The number of ether oxygens (including phenoxy) is 1. The van der Waals surface area contributed by atoms with E-state index in [2.05, 4.69) is 0 Å². The summed E-state index contributed by atoms with van der Waals surface area (Å²) in [6, 6.07) is 7.34. The summed E-state index contributed by atoms with van der Waals surface area (Å²) in [7, 11) is 0. The predicted octanol–water partition coefficient (Wildman–Crippen LogP) is 4.95. The lowest BCUT2D eigenvalue weighted by atomic mass is 10.2. The average molecular weight is 321 g/mol. The smallest absolute Gasteiger partial charge is 0.139 e. The Labute approximate surface area is 124 Å². The van der Waals surface area contributed by atoms with Gasteiger partial charge in [-0.25, -0.2) is 4.39 Å². The number of benzene rings is 2. The van der Waals surface area contributed by atoms with E-state index in [0.717, 1.165) is 0 Å². The first kappa shape index (κ1) is 14.3. The van der Waals surface area contributed by atoms with E-state index < -0.39 is 5.82 Å². The van der Waals surface area contributed by atoms with Gasteiger partial charge >= 0.3 is 0 Å². The van der Waals surface area contributed by atoms with Crippen molar-refractivity contribution >= 4 is 40.5 Å². The van der Waals surface area contributed by atoms with Gasteiger partial charge in [-0.2, -0.15) is 0 Å². The van der Waals surface area contributed by atoms with Crippen molar-refractivity contribution in [2.75, 3.05) is 5.73 Å². The molecule has 2 rings (SSSR count). The van der Waals surface area contributed by atoms with Crippen LogP contribution in [0.3, 0.4) is 0 Å². The van der Waals surface area contributed by atoms with Crippen LogP contribution in [0.1, 0.15) is 5.56 Å². The SMILES string of the molecule is Nc1ccc(COc2cc(Cl)c(Cl)cc2Cl)c(F)c1. The molecule has 2 aromatic carbocycles. The van der Waals surface area contributed by atoms with E-state index in [1.54, 1.807) is 12.1 Å². The first-order chi connectivity index (χ1) is 8.97. The first-order valence-corrected chi connectivity index (χ1v) is 6.42. The Hall–Kier alpha value is -1.16. The fraction of sp³-hybridized carbons (Fsp3) is 0.0769. The zero-order chi connectivity index (χ0) is 14.0. The van der Waals surface area contributed by atoms with Gasteiger partial charge in [0.2, 0.25) is 0 Å². The number of rotatable bonds is 3. The van der Waals surface area contributed by atoms with Crippen molar-refractivity contribution in [3.8, 4) is 5.75 Å². The molecule has 2 nitrogen and oxygen atoms in total. The van der Waals surface area contributed by atoms with Crippen LogP contribution in [-0.2, 0) is 6.61 Å². The molecular formula is C13H9Cl3FNO. The molecule has 19 heavy (non-hydrogen) atoms. The average Bonchev–Trinajstić information content (AvgIpc) is 2.34. The van der Waals surface area contributed by atoms with Crippen LogP contribution >= 0.6 is 34.8 Å². The van der Waals surface area contributed by atoms with E-state index in [4.69, 9.17) is 45.3 Å². The zero-order valence-electron chi connectivity index (χ0n) is 9.59. The van der Waals surface area contributed by atoms with E-state index >= 15 is 0 Å². The van der Waals surface area contributed by atoms with E-state index in [-0.39, 0.29) is 6.61 Å². The number of nitrogen functional groups attached to an aromatic ring is 1. The monoisotopic (exact) mass is 319 g/mol. The normalized spacial score (nSPS) is 10.5. The summed E-state index contributed by atoms with van der Waals surface area (Å²) in [6.45, 7) is 0.0177. The third-order valence-electron chi connectivity index (χ3n) is 2.44. The summed E-state index contributed by atoms with van der Waals surface area (Å²) < 4.78 is 19.0. The molecule has 0 heterocycles. The van der Waals surface area contributed by atoms with Crippen LogP contribution in [0.2, 0.25) is 15.1 Å². The van der Waals surface area contributed by atoms with Gasteiger partial charge in [0, 0.05) is 17.3 Å². The molecule has 0 bridgehead atoms. The molecule has 0 aliphatic rings. The van der Waals surface area contributed by atoms with Crippen LogP contribution in [0.5, 0.6) is 5.75 Å². The second kappa shape index (κ2) is 5.87. The molecule has 0 fully saturated rings. The number of hydrogen-bond donors (Lipinski definition) is 1. The quantitative estimate of drug-likeness (QED) is 0.641. The van der Waals surface area contributed by atoms with Crippen LogP contribution in [-0.4, -0.2) is 0 Å². The molecule has 0 unspecified atom stereocenters. The van der Waals surface area contributed by atoms with Gasteiger partial charge in [0.05, 0.1) is 15.1 Å². The minimum atomic E-state index is -0.434. The van der Waals surface area contributed by atoms with Gasteiger partial charge in [-0.15, -0.1) is 0 Å². The topological polar surface area (TPSA) is 35.2 Å². The molecule has 0 saturated heterocycles. The fourth-order valence-corrected chi connectivity index (χ4v) is 2.04. The number of anilines is 1. The Bertz CT molecular complexity index is 619. The Balaban J connectivity index is 2.16. The molecule has 0 radical (unpaired) electrons. The Morgan fingerprint density at radius 1 is 1.00 bits per heavy atom. The second-order valence-electron chi connectivity index (χ2n) is 3.84. The summed E-state index contributed by atoms with van der Waals surface area (Å²) in [5, 5.41) is 0.960. The van der Waals surface area contributed by atoms with E-state index in [1.165, 1.54) is 18.2 Å². The highest BCUT2D eigenvalue weighted by Gasteiger charge is 2.09. The number of halogens is 4. The van der Waals surface area contributed by atoms with Crippen molar-refractivity contribution in [1.82, 2.24) is 0 Å². The summed E-state index contributed by atoms with van der Waals surface area (Å²) in [6.07, 6.45) is 0. The highest BCUT2D eigenvalue weighted by Crippen LogP contribution is 2.34. The lowest BCUT2D eigenvalue weighted by Crippen LogP contribution is -2.00. The zero-order valence-corrected chi connectivity index (χ0v) is 11.9. The third kappa shape index (κ3) is 3.44. The van der Waals surface area contributed by atoms with Crippen molar-refractivity contribution in [1.29, 1.82) is 0 Å². The highest BCUT2D eigenvalue weighted by atomic mass is 35.5. The molecule has 100 valence electrons. The Kier molecular flexibility index (Phi) is 4.40. The molecule has 2 N–H and O–H groups in total. The third-order valence-corrected chi connectivity index (χ3v) is 3.45. The molecule has 0 spiro atoms. The van der Waals surface area contributed by atoms with Gasteiger partial charge in [-0.3, -0.25) is 0 Å². The molecule has 0 atom stereocenters. The summed E-state index contributed by atoms with van der Waals surface area (Å²) in [4.78, 5) is 0. The minimum Gasteiger partial charge on any atom is -0.487 e. The number of nitrogens with two attached hydrogens (primary N) is 1. The van der Waals surface area contributed by atoms with E-state index in [0.29, 0.717) is 32.1 Å². The van der Waals surface area contributed by atoms with Crippen molar-refractivity contribution in [2.24, 2.45) is 0 Å². The van der Waals surface area contributed by atoms with Gasteiger partial charge in [0.25, 0.3) is 0 Å². The summed E-state index contributed by atoms with van der Waals surface area (Å²) >= 11 is 17.6. The summed E-state index contributed by atoms with van der Waals surface area (Å²) in [5.41, 5.74) is 6.19. The predicted molar refractivity (Wildman–Crippen MR) is 76.6 cm³/mol. The maximum Gasteiger partial charge on any atom is 0.139 e. The number of hydrogen-bond acceptors (Lipinski definition) is 2. The van der Waals surface area contributed by atoms with Gasteiger partial charge in [-0.1, -0.05) is 40.9 Å². The van der Waals surface area contributed by atoms with Gasteiger partial charge < -0.3 is 10.5 Å². The molecule has 0 aliphatic heterocycles. The van der Waals surface area contributed by atoms with Crippen molar-refractivity contribution in [3.63, 3.8) is 0 Å². The van der Waals surface area contributed by atoms with E-state index in [9.17, 15) is 4.39 Å².